The third kappa shape index (κ3) is 1.95. The third-order valence-corrected chi connectivity index (χ3v) is 1.72. The highest BCUT2D eigenvalue weighted by molar-refractivity contribution is 5.84. The fraction of sp³-hybridized carbons (Fsp3) is 0.625. The van der Waals surface area contributed by atoms with Gasteiger partial charge in [-0.2, -0.15) is 0 Å². The molecule has 0 heterocycles. The van der Waals surface area contributed by atoms with Gasteiger partial charge in [-0.25, -0.2) is 0 Å². The standard InChI is InChI=1S/C8H14O2/c1-4-6-8(10,5-2)7(3)9/h4,10H,1,5-6H2,2-3H3/t8-/m1/s1. The molecule has 0 aliphatic heterocycles. The van der Waals surface area contributed by atoms with Gasteiger partial charge in [-0.3, -0.25) is 4.79 Å². The Morgan fingerprint density at radius 3 is 2.40 bits per heavy atom. The largest absolute Gasteiger partial charge is 0.382 e. The summed E-state index contributed by atoms with van der Waals surface area (Å²) in [7, 11) is 0. The maximum atomic E-state index is 10.8. The minimum atomic E-state index is -1.16. The number of ketones is 1. The van der Waals surface area contributed by atoms with Crippen LogP contribution in [0.5, 0.6) is 0 Å². The van der Waals surface area contributed by atoms with Crippen molar-refractivity contribution in [1.82, 2.24) is 0 Å². The second kappa shape index (κ2) is 3.52. The maximum absolute atomic E-state index is 10.8. The Morgan fingerprint density at radius 1 is 1.80 bits per heavy atom. The monoisotopic (exact) mass is 142 g/mol. The molecule has 1 N–H and O–H groups in total. The second-order valence-corrected chi connectivity index (χ2v) is 2.43. The maximum Gasteiger partial charge on any atom is 0.161 e. The summed E-state index contributed by atoms with van der Waals surface area (Å²) in [5, 5.41) is 9.48. The van der Waals surface area contributed by atoms with E-state index >= 15 is 0 Å². The Kier molecular flexibility index (Phi) is 3.30. The molecule has 0 spiro atoms. The lowest BCUT2D eigenvalue weighted by molar-refractivity contribution is -0.135. The molecule has 58 valence electrons. The molecule has 10 heavy (non-hydrogen) atoms. The zero-order chi connectivity index (χ0) is 8.20. The summed E-state index contributed by atoms with van der Waals surface area (Å²) in [4.78, 5) is 10.8. The zero-order valence-corrected chi connectivity index (χ0v) is 6.55. The zero-order valence-electron chi connectivity index (χ0n) is 6.55. The molecule has 0 aromatic carbocycles. The number of hydrogen-bond donors (Lipinski definition) is 1. The summed E-state index contributed by atoms with van der Waals surface area (Å²) in [6.45, 7) is 6.64. The summed E-state index contributed by atoms with van der Waals surface area (Å²) >= 11 is 0. The average molecular weight is 142 g/mol. The minimum Gasteiger partial charge on any atom is -0.382 e. The highest BCUT2D eigenvalue weighted by Crippen LogP contribution is 2.15. The second-order valence-electron chi connectivity index (χ2n) is 2.43. The first kappa shape index (κ1) is 9.37. The van der Waals surface area contributed by atoms with Crippen LogP contribution >= 0.6 is 0 Å². The predicted octanol–water partition coefficient (Wildman–Crippen LogP) is 1.29. The van der Waals surface area contributed by atoms with Crippen molar-refractivity contribution in [1.29, 1.82) is 0 Å². The Labute approximate surface area is 61.6 Å². The molecule has 0 aromatic heterocycles. The Balaban J connectivity index is 4.21. The van der Waals surface area contributed by atoms with Crippen molar-refractivity contribution in [2.24, 2.45) is 0 Å². The van der Waals surface area contributed by atoms with E-state index in [1.807, 2.05) is 0 Å². The number of carbonyl (C=O) groups is 1. The minimum absolute atomic E-state index is 0.185. The van der Waals surface area contributed by atoms with Gasteiger partial charge in [0.05, 0.1) is 0 Å². The third-order valence-electron chi connectivity index (χ3n) is 1.72. The summed E-state index contributed by atoms with van der Waals surface area (Å²) in [5.74, 6) is -0.185. The number of Topliss-reactive ketones (excluding diaryl/α,β-unsaturated/α-hetero) is 1. The van der Waals surface area contributed by atoms with Gasteiger partial charge in [0, 0.05) is 6.42 Å². The summed E-state index contributed by atoms with van der Waals surface area (Å²) in [6.07, 6.45) is 2.36. The molecule has 0 radical (unpaired) electrons. The van der Waals surface area contributed by atoms with Crippen molar-refractivity contribution >= 4 is 5.78 Å². The van der Waals surface area contributed by atoms with E-state index in [0.29, 0.717) is 12.8 Å². The molecule has 2 heteroatoms. The van der Waals surface area contributed by atoms with Crippen molar-refractivity contribution in [3.05, 3.63) is 12.7 Å². The smallest absolute Gasteiger partial charge is 0.161 e. The van der Waals surface area contributed by atoms with Gasteiger partial charge in [-0.15, -0.1) is 6.58 Å². The van der Waals surface area contributed by atoms with E-state index in [1.165, 1.54) is 6.92 Å². The number of aliphatic hydroxyl groups is 1. The van der Waals surface area contributed by atoms with E-state index in [1.54, 1.807) is 13.0 Å². The van der Waals surface area contributed by atoms with E-state index in [9.17, 15) is 9.90 Å². The lowest BCUT2D eigenvalue weighted by Crippen LogP contribution is -2.35. The van der Waals surface area contributed by atoms with Crippen molar-refractivity contribution in [3.8, 4) is 0 Å². The molecule has 2 nitrogen and oxygen atoms in total. The molecule has 0 saturated carbocycles. The molecule has 0 saturated heterocycles. The Bertz CT molecular complexity index is 140. The normalized spacial score (nSPS) is 15.9. The fourth-order valence-corrected chi connectivity index (χ4v) is 0.776. The molecule has 1 atom stereocenters. The van der Waals surface area contributed by atoms with Crippen molar-refractivity contribution in [2.45, 2.75) is 32.3 Å². The molecule has 0 aromatic rings. The molecule has 0 aliphatic rings. The van der Waals surface area contributed by atoms with Gasteiger partial charge in [-0.05, 0) is 13.3 Å². The predicted molar refractivity (Wildman–Crippen MR) is 40.7 cm³/mol. The van der Waals surface area contributed by atoms with Gasteiger partial charge in [0.15, 0.2) is 5.78 Å². The number of hydrogen-bond acceptors (Lipinski definition) is 2. The van der Waals surface area contributed by atoms with Crippen LogP contribution in [0, 0.1) is 0 Å². The topological polar surface area (TPSA) is 37.3 Å². The van der Waals surface area contributed by atoms with E-state index in [2.05, 4.69) is 6.58 Å². The van der Waals surface area contributed by atoms with Gasteiger partial charge < -0.3 is 5.11 Å². The summed E-state index contributed by atoms with van der Waals surface area (Å²) in [5.41, 5.74) is -1.16. The molecule has 0 bridgehead atoms. The van der Waals surface area contributed by atoms with Crippen LogP contribution in [0.25, 0.3) is 0 Å². The average Bonchev–Trinajstić information content (AvgIpc) is 1.88. The molecular formula is C8H14O2. The van der Waals surface area contributed by atoms with Crippen LogP contribution in [0.1, 0.15) is 26.7 Å². The highest BCUT2D eigenvalue weighted by Gasteiger charge is 2.28. The van der Waals surface area contributed by atoms with Crippen molar-refractivity contribution in [2.75, 3.05) is 0 Å². The van der Waals surface area contributed by atoms with Crippen molar-refractivity contribution < 1.29 is 9.90 Å². The number of carbonyl (C=O) groups excluding carboxylic acids is 1. The van der Waals surface area contributed by atoms with Crippen molar-refractivity contribution in [3.63, 3.8) is 0 Å². The van der Waals surface area contributed by atoms with Crippen LogP contribution < -0.4 is 0 Å². The SMILES string of the molecule is C=CC[C@](O)(CC)C(C)=O. The summed E-state index contributed by atoms with van der Waals surface area (Å²) in [6, 6.07) is 0. The van der Waals surface area contributed by atoms with Crippen LogP contribution in [-0.2, 0) is 4.79 Å². The molecule has 0 fully saturated rings. The molecular weight excluding hydrogens is 128 g/mol. The quantitative estimate of drug-likeness (QED) is 0.600. The fourth-order valence-electron chi connectivity index (χ4n) is 0.776. The Morgan fingerprint density at radius 2 is 2.30 bits per heavy atom. The first-order chi connectivity index (χ1) is 4.56. The molecule has 0 amide bonds. The van der Waals surface area contributed by atoms with Gasteiger partial charge >= 0.3 is 0 Å². The lowest BCUT2D eigenvalue weighted by atomic mass is 9.92. The first-order valence-electron chi connectivity index (χ1n) is 3.41. The van der Waals surface area contributed by atoms with Crippen LogP contribution in [0.3, 0.4) is 0 Å². The van der Waals surface area contributed by atoms with Crippen LogP contribution in [-0.4, -0.2) is 16.5 Å². The van der Waals surface area contributed by atoms with Gasteiger partial charge in [-0.1, -0.05) is 13.0 Å². The Hall–Kier alpha value is -0.630. The molecule has 0 aliphatic carbocycles. The van der Waals surface area contributed by atoms with Gasteiger partial charge in [0.1, 0.15) is 5.60 Å². The summed E-state index contributed by atoms with van der Waals surface area (Å²) < 4.78 is 0. The van der Waals surface area contributed by atoms with Crippen LogP contribution in [0.15, 0.2) is 12.7 Å². The lowest BCUT2D eigenvalue weighted by Gasteiger charge is -2.20. The van der Waals surface area contributed by atoms with Gasteiger partial charge in [0.25, 0.3) is 0 Å². The van der Waals surface area contributed by atoms with E-state index in [-0.39, 0.29) is 5.78 Å². The van der Waals surface area contributed by atoms with Crippen LogP contribution in [0.4, 0.5) is 0 Å². The number of rotatable bonds is 4. The molecule has 0 unspecified atom stereocenters. The van der Waals surface area contributed by atoms with Crippen LogP contribution in [0.2, 0.25) is 0 Å². The van der Waals surface area contributed by atoms with Gasteiger partial charge in [0.2, 0.25) is 0 Å². The van der Waals surface area contributed by atoms with E-state index in [4.69, 9.17) is 0 Å². The molecule has 0 rings (SSSR count). The first-order valence-corrected chi connectivity index (χ1v) is 3.41. The highest BCUT2D eigenvalue weighted by atomic mass is 16.3. The van der Waals surface area contributed by atoms with E-state index < -0.39 is 5.60 Å². The van der Waals surface area contributed by atoms with E-state index in [0.717, 1.165) is 0 Å².